The van der Waals surface area contributed by atoms with Gasteiger partial charge in [-0.2, -0.15) is 0 Å². The van der Waals surface area contributed by atoms with Gasteiger partial charge in [0.2, 0.25) is 0 Å². The average Bonchev–Trinajstić information content (AvgIpc) is 2.51. The molecule has 0 saturated carbocycles. The fraction of sp³-hybridized carbons (Fsp3) is 0.619. The van der Waals surface area contributed by atoms with Crippen LogP contribution in [-0.4, -0.2) is 31.3 Å². The molecule has 0 aliphatic carbocycles. The number of thioether (sulfide) groups is 1. The lowest BCUT2D eigenvalue weighted by atomic mass is 9.78. The van der Waals surface area contributed by atoms with Crippen LogP contribution in [0.15, 0.2) is 46.3 Å². The number of allylic oxidation sites excluding steroid dienone is 3. The number of hydrogen-bond donors (Lipinski definition) is 0. The lowest BCUT2D eigenvalue weighted by molar-refractivity contribution is 0.303. The molecular weight excluding hydrogens is 312 g/mol. The molecule has 0 bridgehead atoms. The van der Waals surface area contributed by atoms with Crippen LogP contribution in [0.3, 0.4) is 0 Å². The minimum Gasteiger partial charge on any atom is -0.297 e. The van der Waals surface area contributed by atoms with Crippen molar-refractivity contribution in [3.05, 3.63) is 36.3 Å². The van der Waals surface area contributed by atoms with Crippen LogP contribution in [0, 0.1) is 17.3 Å². The zero-order valence-corrected chi connectivity index (χ0v) is 17.2. The van der Waals surface area contributed by atoms with Crippen molar-refractivity contribution in [1.29, 1.82) is 0 Å². The Bertz CT molecular complexity index is 460. The summed E-state index contributed by atoms with van der Waals surface area (Å²) in [4.78, 5) is 10.2. The van der Waals surface area contributed by atoms with Gasteiger partial charge in [0.25, 0.3) is 0 Å². The fourth-order valence-corrected chi connectivity index (χ4v) is 2.85. The SMILES string of the molecule is C=CCC(C)(C)C(C)C=NCCC=NCCSC(=C)C(C)C(=C)C. The molecule has 0 aromatic carbocycles. The van der Waals surface area contributed by atoms with Crippen molar-refractivity contribution in [2.24, 2.45) is 27.2 Å². The molecule has 0 spiro atoms. The molecule has 0 aliphatic rings. The second-order valence-electron chi connectivity index (χ2n) is 7.09. The van der Waals surface area contributed by atoms with E-state index in [0.717, 1.165) is 31.7 Å². The molecule has 0 aromatic heterocycles. The summed E-state index contributed by atoms with van der Waals surface area (Å²) in [6.45, 7) is 24.5. The lowest BCUT2D eigenvalue weighted by Gasteiger charge is -2.27. The molecular formula is C21H36N2S. The van der Waals surface area contributed by atoms with Crippen molar-refractivity contribution in [3.63, 3.8) is 0 Å². The highest BCUT2D eigenvalue weighted by Gasteiger charge is 2.22. The first-order chi connectivity index (χ1) is 11.2. The number of rotatable bonds is 13. The number of hydrogen-bond acceptors (Lipinski definition) is 3. The zero-order chi connectivity index (χ0) is 18.6. The van der Waals surface area contributed by atoms with E-state index in [2.05, 4.69) is 70.6 Å². The Morgan fingerprint density at radius 1 is 1.17 bits per heavy atom. The maximum absolute atomic E-state index is 4.53. The van der Waals surface area contributed by atoms with E-state index in [1.54, 1.807) is 11.8 Å². The largest absolute Gasteiger partial charge is 0.297 e. The van der Waals surface area contributed by atoms with E-state index in [-0.39, 0.29) is 5.41 Å². The Morgan fingerprint density at radius 2 is 1.83 bits per heavy atom. The summed E-state index contributed by atoms with van der Waals surface area (Å²) < 4.78 is 0. The molecule has 0 rings (SSSR count). The van der Waals surface area contributed by atoms with E-state index in [1.807, 2.05) is 12.3 Å². The average molecular weight is 349 g/mol. The number of nitrogens with zero attached hydrogens (tertiary/aromatic N) is 2. The topological polar surface area (TPSA) is 24.7 Å². The number of aliphatic imine (C=N–C) groups is 2. The van der Waals surface area contributed by atoms with Gasteiger partial charge in [0.15, 0.2) is 0 Å². The minimum absolute atomic E-state index is 0.222. The molecule has 0 saturated heterocycles. The van der Waals surface area contributed by atoms with Crippen LogP contribution < -0.4 is 0 Å². The van der Waals surface area contributed by atoms with Crippen molar-refractivity contribution in [1.82, 2.24) is 0 Å². The van der Waals surface area contributed by atoms with Gasteiger partial charge in [0, 0.05) is 43.6 Å². The standard InChI is InChI=1S/C21H36N2S/c1-9-11-21(7,8)18(4)16-23-13-10-12-22-14-15-24-20(6)19(5)17(2)3/h9,12,16,18-19H,1-2,6,10-11,13-15H2,3-5,7-8H3. The van der Waals surface area contributed by atoms with Crippen LogP contribution in [0.25, 0.3) is 0 Å². The highest BCUT2D eigenvalue weighted by atomic mass is 32.2. The third-order valence-electron chi connectivity index (χ3n) is 4.48. The smallest absolute Gasteiger partial charge is 0.0479 e. The van der Waals surface area contributed by atoms with Crippen molar-refractivity contribution >= 4 is 24.2 Å². The summed E-state index contributed by atoms with van der Waals surface area (Å²) in [5, 5.41) is 0. The van der Waals surface area contributed by atoms with Crippen LogP contribution in [0.1, 0.15) is 47.5 Å². The molecule has 0 aliphatic heterocycles. The Hall–Kier alpha value is -1.09. The van der Waals surface area contributed by atoms with Crippen molar-refractivity contribution in [2.75, 3.05) is 18.8 Å². The van der Waals surface area contributed by atoms with E-state index in [0.29, 0.717) is 11.8 Å². The second-order valence-corrected chi connectivity index (χ2v) is 8.31. The van der Waals surface area contributed by atoms with Crippen LogP contribution in [0.4, 0.5) is 0 Å². The first-order valence-electron chi connectivity index (χ1n) is 8.78. The van der Waals surface area contributed by atoms with Crippen molar-refractivity contribution < 1.29 is 0 Å². The van der Waals surface area contributed by atoms with Crippen LogP contribution in [0.5, 0.6) is 0 Å². The molecule has 0 aromatic rings. The zero-order valence-electron chi connectivity index (χ0n) is 16.3. The van der Waals surface area contributed by atoms with Crippen LogP contribution >= 0.6 is 11.8 Å². The molecule has 0 fully saturated rings. The van der Waals surface area contributed by atoms with Gasteiger partial charge < -0.3 is 0 Å². The highest BCUT2D eigenvalue weighted by molar-refractivity contribution is 8.03. The molecule has 2 unspecified atom stereocenters. The summed E-state index contributed by atoms with van der Waals surface area (Å²) in [7, 11) is 0. The van der Waals surface area contributed by atoms with Gasteiger partial charge >= 0.3 is 0 Å². The molecule has 0 N–H and O–H groups in total. The normalized spacial score (nSPS) is 14.9. The minimum atomic E-state index is 0.222. The predicted molar refractivity (Wildman–Crippen MR) is 115 cm³/mol. The van der Waals surface area contributed by atoms with E-state index in [1.165, 1.54) is 10.5 Å². The van der Waals surface area contributed by atoms with Gasteiger partial charge in [-0.15, -0.1) is 18.3 Å². The molecule has 2 atom stereocenters. The summed E-state index contributed by atoms with van der Waals surface area (Å²) in [5.41, 5.74) is 1.39. The monoisotopic (exact) mass is 348 g/mol. The van der Waals surface area contributed by atoms with E-state index < -0.39 is 0 Å². The first kappa shape index (κ1) is 22.9. The third-order valence-corrected chi connectivity index (χ3v) is 5.59. The quantitative estimate of drug-likeness (QED) is 0.220. The summed E-state index contributed by atoms with van der Waals surface area (Å²) >= 11 is 1.79. The van der Waals surface area contributed by atoms with Crippen molar-refractivity contribution in [2.45, 2.75) is 47.5 Å². The summed E-state index contributed by atoms with van der Waals surface area (Å²) in [5.74, 6) is 1.80. The predicted octanol–water partition coefficient (Wildman–Crippen LogP) is 6.22. The van der Waals surface area contributed by atoms with Gasteiger partial charge in [0.05, 0.1) is 0 Å². The van der Waals surface area contributed by atoms with Gasteiger partial charge in [-0.3, -0.25) is 9.98 Å². The molecule has 24 heavy (non-hydrogen) atoms. The van der Waals surface area contributed by atoms with Gasteiger partial charge in [0.1, 0.15) is 0 Å². The van der Waals surface area contributed by atoms with Gasteiger partial charge in [-0.05, 0) is 29.6 Å². The molecule has 0 radical (unpaired) electrons. The van der Waals surface area contributed by atoms with Crippen LogP contribution in [-0.2, 0) is 0 Å². The Balaban J connectivity index is 3.87. The summed E-state index contributed by atoms with van der Waals surface area (Å²) in [6.07, 6.45) is 7.97. The van der Waals surface area contributed by atoms with E-state index in [4.69, 9.17) is 0 Å². The maximum Gasteiger partial charge on any atom is 0.0479 e. The van der Waals surface area contributed by atoms with Gasteiger partial charge in [-0.1, -0.05) is 52.5 Å². The molecule has 2 nitrogen and oxygen atoms in total. The Morgan fingerprint density at radius 3 is 2.42 bits per heavy atom. The van der Waals surface area contributed by atoms with Gasteiger partial charge in [-0.25, -0.2) is 0 Å². The molecule has 136 valence electrons. The molecule has 0 heterocycles. The highest BCUT2D eigenvalue weighted by Crippen LogP contribution is 2.29. The van der Waals surface area contributed by atoms with Crippen LogP contribution in [0.2, 0.25) is 0 Å². The fourth-order valence-electron chi connectivity index (χ4n) is 1.94. The van der Waals surface area contributed by atoms with Crippen molar-refractivity contribution in [3.8, 4) is 0 Å². The van der Waals surface area contributed by atoms with E-state index >= 15 is 0 Å². The maximum atomic E-state index is 4.53. The second kappa shape index (κ2) is 12.3. The molecule has 0 amide bonds. The third kappa shape index (κ3) is 9.92. The Labute approximate surface area is 154 Å². The molecule has 3 heteroatoms. The van der Waals surface area contributed by atoms with E-state index in [9.17, 15) is 0 Å². The Kier molecular flexibility index (Phi) is 11.7. The lowest BCUT2D eigenvalue weighted by Crippen LogP contribution is -2.22. The summed E-state index contributed by atoms with van der Waals surface area (Å²) in [6, 6.07) is 0. The first-order valence-corrected chi connectivity index (χ1v) is 9.77.